The first-order valence-electron chi connectivity index (χ1n) is 3.77. The third kappa shape index (κ3) is 1.80. The van der Waals surface area contributed by atoms with E-state index in [1.54, 1.807) is 0 Å². The van der Waals surface area contributed by atoms with Gasteiger partial charge in [0.1, 0.15) is 0 Å². The van der Waals surface area contributed by atoms with Crippen LogP contribution in [-0.2, 0) is 4.75 Å². The summed E-state index contributed by atoms with van der Waals surface area (Å²) < 4.78 is -0.244. The molecule has 2 heteroatoms. The number of rotatable bonds is 1. The molecule has 0 fully saturated rings. The second-order valence-corrected chi connectivity index (χ2v) is 4.33. The van der Waals surface area contributed by atoms with Gasteiger partial charge in [0.2, 0.25) is 0 Å². The third-order valence-electron chi connectivity index (χ3n) is 1.71. The maximum Gasteiger partial charge on any atom is 0.0995 e. The Hall–Kier alpha value is -0.940. The molecular formula is C10H11NS. The smallest absolute Gasteiger partial charge is 0.0995 e. The highest BCUT2D eigenvalue weighted by molar-refractivity contribution is 7.81. The van der Waals surface area contributed by atoms with Crippen LogP contribution in [0.5, 0.6) is 0 Å². The van der Waals surface area contributed by atoms with Crippen molar-refractivity contribution in [1.82, 2.24) is 0 Å². The maximum atomic E-state index is 8.80. The van der Waals surface area contributed by atoms with Gasteiger partial charge in [-0.1, -0.05) is 18.2 Å². The quantitative estimate of drug-likeness (QED) is 0.655. The Morgan fingerprint density at radius 1 is 1.33 bits per heavy atom. The Bertz CT molecular complexity index is 317. The van der Waals surface area contributed by atoms with Crippen molar-refractivity contribution in [2.24, 2.45) is 0 Å². The molecule has 1 rings (SSSR count). The highest BCUT2D eigenvalue weighted by atomic mass is 32.1. The zero-order valence-corrected chi connectivity index (χ0v) is 8.10. The monoisotopic (exact) mass is 177 g/mol. The number of nitriles is 1. The standard InChI is InChI=1S/C10H11NS/c1-10(2,12)9-6-4-3-5-8(9)7-11/h3-6,12H,1-2H3. The van der Waals surface area contributed by atoms with Crippen LogP contribution in [0.1, 0.15) is 25.0 Å². The first kappa shape index (κ1) is 9.15. The van der Waals surface area contributed by atoms with Crippen LogP contribution in [0.3, 0.4) is 0 Å². The topological polar surface area (TPSA) is 23.8 Å². The lowest BCUT2D eigenvalue weighted by Gasteiger charge is -2.18. The fourth-order valence-electron chi connectivity index (χ4n) is 1.11. The molecule has 0 heterocycles. The predicted octanol–water partition coefficient (Wildman–Crippen LogP) is 2.72. The summed E-state index contributed by atoms with van der Waals surface area (Å²) in [6.07, 6.45) is 0. The van der Waals surface area contributed by atoms with Crippen LogP contribution >= 0.6 is 12.6 Å². The van der Waals surface area contributed by atoms with E-state index in [1.807, 2.05) is 38.1 Å². The molecule has 0 aliphatic rings. The van der Waals surface area contributed by atoms with Crippen molar-refractivity contribution in [3.63, 3.8) is 0 Å². The van der Waals surface area contributed by atoms with E-state index >= 15 is 0 Å². The average Bonchev–Trinajstić information content (AvgIpc) is 2.03. The van der Waals surface area contributed by atoms with Crippen molar-refractivity contribution >= 4 is 12.6 Å². The summed E-state index contributed by atoms with van der Waals surface area (Å²) >= 11 is 4.42. The molecule has 12 heavy (non-hydrogen) atoms. The van der Waals surface area contributed by atoms with Gasteiger partial charge in [0.05, 0.1) is 11.6 Å². The summed E-state index contributed by atoms with van der Waals surface area (Å²) in [5.41, 5.74) is 1.69. The summed E-state index contributed by atoms with van der Waals surface area (Å²) in [6, 6.07) is 9.69. The van der Waals surface area contributed by atoms with Gasteiger partial charge in [-0.15, -0.1) is 0 Å². The van der Waals surface area contributed by atoms with Gasteiger partial charge >= 0.3 is 0 Å². The SMILES string of the molecule is CC(C)(S)c1ccccc1C#N. The largest absolute Gasteiger partial charge is 0.192 e. The molecule has 0 amide bonds. The normalized spacial score (nSPS) is 10.8. The number of benzene rings is 1. The number of hydrogen-bond donors (Lipinski definition) is 1. The Balaban J connectivity index is 3.26. The Labute approximate surface area is 78.4 Å². The lowest BCUT2D eigenvalue weighted by atomic mass is 9.97. The van der Waals surface area contributed by atoms with Gasteiger partial charge < -0.3 is 0 Å². The van der Waals surface area contributed by atoms with Crippen LogP contribution in [0.4, 0.5) is 0 Å². The van der Waals surface area contributed by atoms with Gasteiger partial charge in [0.15, 0.2) is 0 Å². The second kappa shape index (κ2) is 3.20. The molecule has 0 unspecified atom stereocenters. The Morgan fingerprint density at radius 2 is 1.92 bits per heavy atom. The summed E-state index contributed by atoms with van der Waals surface area (Å²) in [5, 5.41) is 8.80. The molecule has 0 radical (unpaired) electrons. The van der Waals surface area contributed by atoms with Crippen molar-refractivity contribution in [3.8, 4) is 6.07 Å². The molecule has 0 N–H and O–H groups in total. The van der Waals surface area contributed by atoms with Crippen molar-refractivity contribution in [1.29, 1.82) is 5.26 Å². The molecule has 1 nitrogen and oxygen atoms in total. The lowest BCUT2D eigenvalue weighted by Crippen LogP contribution is -2.09. The van der Waals surface area contributed by atoms with E-state index in [1.165, 1.54) is 0 Å². The molecule has 0 saturated carbocycles. The van der Waals surface area contributed by atoms with E-state index in [4.69, 9.17) is 5.26 Å². The first-order valence-corrected chi connectivity index (χ1v) is 4.22. The summed E-state index contributed by atoms with van der Waals surface area (Å²) in [6.45, 7) is 3.96. The summed E-state index contributed by atoms with van der Waals surface area (Å²) in [4.78, 5) is 0. The van der Waals surface area contributed by atoms with Gasteiger partial charge in [-0.2, -0.15) is 17.9 Å². The van der Waals surface area contributed by atoms with E-state index in [-0.39, 0.29) is 4.75 Å². The molecule has 0 atom stereocenters. The molecule has 0 aliphatic heterocycles. The van der Waals surface area contributed by atoms with E-state index in [0.29, 0.717) is 5.56 Å². The molecule has 0 aromatic heterocycles. The third-order valence-corrected chi connectivity index (χ3v) is 1.95. The minimum atomic E-state index is -0.244. The highest BCUT2D eigenvalue weighted by Gasteiger charge is 2.17. The number of thiol groups is 1. The summed E-state index contributed by atoms with van der Waals surface area (Å²) in [7, 11) is 0. The predicted molar refractivity (Wildman–Crippen MR) is 53.2 cm³/mol. The maximum absolute atomic E-state index is 8.80. The second-order valence-electron chi connectivity index (χ2n) is 3.22. The number of nitrogens with zero attached hydrogens (tertiary/aromatic N) is 1. The van der Waals surface area contributed by atoms with Crippen LogP contribution in [0.15, 0.2) is 24.3 Å². The Morgan fingerprint density at radius 3 is 2.33 bits per heavy atom. The van der Waals surface area contributed by atoms with Crippen molar-refractivity contribution < 1.29 is 0 Å². The highest BCUT2D eigenvalue weighted by Crippen LogP contribution is 2.29. The van der Waals surface area contributed by atoms with E-state index in [2.05, 4.69) is 18.7 Å². The van der Waals surface area contributed by atoms with Crippen molar-refractivity contribution in [2.75, 3.05) is 0 Å². The molecule has 0 spiro atoms. The summed E-state index contributed by atoms with van der Waals surface area (Å²) in [5.74, 6) is 0. The van der Waals surface area contributed by atoms with Crippen molar-refractivity contribution in [3.05, 3.63) is 35.4 Å². The zero-order valence-electron chi connectivity index (χ0n) is 7.20. The minimum absolute atomic E-state index is 0.244. The molecule has 1 aromatic carbocycles. The number of hydrogen-bond acceptors (Lipinski definition) is 2. The fourth-order valence-corrected chi connectivity index (χ4v) is 1.31. The van der Waals surface area contributed by atoms with Crippen molar-refractivity contribution in [2.45, 2.75) is 18.6 Å². The fraction of sp³-hybridized carbons (Fsp3) is 0.300. The first-order chi connectivity index (χ1) is 5.55. The van der Waals surface area contributed by atoms with Crippen LogP contribution in [0.25, 0.3) is 0 Å². The molecule has 0 bridgehead atoms. The Kier molecular flexibility index (Phi) is 2.44. The minimum Gasteiger partial charge on any atom is -0.192 e. The van der Waals surface area contributed by atoms with Crippen LogP contribution in [0, 0.1) is 11.3 Å². The van der Waals surface area contributed by atoms with Gasteiger partial charge in [0, 0.05) is 4.75 Å². The lowest BCUT2D eigenvalue weighted by molar-refractivity contribution is 0.788. The molecule has 1 aromatic rings. The van der Waals surface area contributed by atoms with Crippen LogP contribution < -0.4 is 0 Å². The van der Waals surface area contributed by atoms with Gasteiger partial charge in [-0.3, -0.25) is 0 Å². The average molecular weight is 177 g/mol. The molecule has 0 saturated heterocycles. The van der Waals surface area contributed by atoms with Gasteiger partial charge in [-0.05, 0) is 25.5 Å². The molecular weight excluding hydrogens is 166 g/mol. The van der Waals surface area contributed by atoms with Crippen LogP contribution in [0.2, 0.25) is 0 Å². The van der Waals surface area contributed by atoms with E-state index in [9.17, 15) is 0 Å². The van der Waals surface area contributed by atoms with E-state index < -0.39 is 0 Å². The van der Waals surface area contributed by atoms with Gasteiger partial charge in [0.25, 0.3) is 0 Å². The zero-order chi connectivity index (χ0) is 9.19. The van der Waals surface area contributed by atoms with Gasteiger partial charge in [-0.25, -0.2) is 0 Å². The molecule has 62 valence electrons. The van der Waals surface area contributed by atoms with Crippen LogP contribution in [-0.4, -0.2) is 0 Å². The van der Waals surface area contributed by atoms with E-state index in [0.717, 1.165) is 5.56 Å². The molecule has 0 aliphatic carbocycles.